The first-order valence-corrected chi connectivity index (χ1v) is 11.8. The van der Waals surface area contributed by atoms with Crippen LogP contribution in [0.15, 0.2) is 66.8 Å². The highest BCUT2D eigenvalue weighted by molar-refractivity contribution is 7.26. The average molecular weight is 409 g/mol. The number of thiophene rings is 1. The van der Waals surface area contributed by atoms with Gasteiger partial charge in [0.1, 0.15) is 0 Å². The molecule has 1 atom stereocenters. The molecule has 1 aromatic heterocycles. The molecule has 30 heavy (non-hydrogen) atoms. The van der Waals surface area contributed by atoms with Crippen LogP contribution in [0, 0.1) is 19.8 Å². The fourth-order valence-corrected chi connectivity index (χ4v) is 5.97. The minimum absolute atomic E-state index is 0.644. The van der Waals surface area contributed by atoms with Crippen molar-refractivity contribution < 1.29 is 0 Å². The first kappa shape index (κ1) is 19.3. The molecule has 1 aliphatic rings. The molecule has 5 rings (SSSR count). The molecule has 1 unspecified atom stereocenters. The number of fused-ring (bicyclic) bond motifs is 3. The highest BCUT2D eigenvalue weighted by Crippen LogP contribution is 2.41. The van der Waals surface area contributed by atoms with Crippen molar-refractivity contribution in [1.29, 1.82) is 0 Å². The number of hydrogen-bond acceptors (Lipinski definition) is 1. The fourth-order valence-electron chi connectivity index (χ4n) is 4.65. The molecule has 0 amide bonds. The monoisotopic (exact) mass is 408 g/mol. The maximum Gasteiger partial charge on any atom is 0.0387 e. The minimum Gasteiger partial charge on any atom is -0.135 e. The van der Waals surface area contributed by atoms with Crippen LogP contribution in [0.2, 0.25) is 0 Å². The Hall–Kier alpha value is -2.64. The molecule has 0 bridgehead atoms. The molecule has 0 radical (unpaired) electrons. The van der Waals surface area contributed by atoms with E-state index in [1.54, 1.807) is 0 Å². The van der Waals surface area contributed by atoms with Crippen molar-refractivity contribution >= 4 is 37.1 Å². The van der Waals surface area contributed by atoms with Crippen molar-refractivity contribution in [3.05, 3.63) is 89.0 Å². The van der Waals surface area contributed by atoms with Gasteiger partial charge in [-0.3, -0.25) is 0 Å². The van der Waals surface area contributed by atoms with Crippen LogP contribution in [0.5, 0.6) is 0 Å². The van der Waals surface area contributed by atoms with Gasteiger partial charge in [0, 0.05) is 20.2 Å². The Morgan fingerprint density at radius 2 is 1.70 bits per heavy atom. The van der Waals surface area contributed by atoms with Crippen molar-refractivity contribution in [2.45, 2.75) is 40.5 Å². The molecule has 0 N–H and O–H groups in total. The molecule has 0 nitrogen and oxygen atoms in total. The first-order chi connectivity index (χ1) is 14.5. The summed E-state index contributed by atoms with van der Waals surface area (Å²) in [7, 11) is 0. The molecule has 0 fully saturated rings. The van der Waals surface area contributed by atoms with Crippen LogP contribution in [-0.2, 0) is 6.42 Å². The van der Waals surface area contributed by atoms with Gasteiger partial charge in [-0.1, -0.05) is 61.9 Å². The summed E-state index contributed by atoms with van der Waals surface area (Å²) in [6.07, 6.45) is 9.17. The van der Waals surface area contributed by atoms with Crippen LogP contribution < -0.4 is 0 Å². The van der Waals surface area contributed by atoms with Crippen LogP contribution >= 0.6 is 11.3 Å². The normalized spacial score (nSPS) is 16.4. The van der Waals surface area contributed by atoms with Crippen LogP contribution in [0.4, 0.5) is 0 Å². The van der Waals surface area contributed by atoms with E-state index >= 15 is 0 Å². The van der Waals surface area contributed by atoms with Gasteiger partial charge in [0.05, 0.1) is 0 Å². The molecule has 1 heterocycles. The molecular formula is C29H28S. The molecule has 1 heteroatoms. The maximum atomic E-state index is 2.42. The van der Waals surface area contributed by atoms with E-state index < -0.39 is 0 Å². The van der Waals surface area contributed by atoms with Gasteiger partial charge >= 0.3 is 0 Å². The molecule has 0 spiro atoms. The summed E-state index contributed by atoms with van der Waals surface area (Å²) in [6.45, 7) is 9.00. The SMILES string of the molecule is CCc1cc(-c2cccc(C3=CCC(C)C=C3)c2)cc2c1sc1c(C)cc(C)cc12. The van der Waals surface area contributed by atoms with E-state index in [2.05, 4.69) is 94.5 Å². The molecule has 0 saturated heterocycles. The fraction of sp³-hybridized carbons (Fsp3) is 0.241. The molecular weight excluding hydrogens is 380 g/mol. The lowest BCUT2D eigenvalue weighted by Crippen LogP contribution is -1.94. The van der Waals surface area contributed by atoms with Gasteiger partial charge in [0.15, 0.2) is 0 Å². The molecule has 1 aliphatic carbocycles. The summed E-state index contributed by atoms with van der Waals surface area (Å²) < 4.78 is 2.89. The topological polar surface area (TPSA) is 0 Å². The second-order valence-corrected chi connectivity index (χ2v) is 9.76. The smallest absolute Gasteiger partial charge is 0.0387 e. The molecule has 150 valence electrons. The zero-order valence-electron chi connectivity index (χ0n) is 18.3. The molecule has 3 aromatic carbocycles. The van der Waals surface area contributed by atoms with Crippen molar-refractivity contribution in [3.63, 3.8) is 0 Å². The Morgan fingerprint density at radius 1 is 0.900 bits per heavy atom. The van der Waals surface area contributed by atoms with Crippen molar-refractivity contribution in [2.75, 3.05) is 0 Å². The maximum absolute atomic E-state index is 2.42. The van der Waals surface area contributed by atoms with Gasteiger partial charge in [0.2, 0.25) is 0 Å². The van der Waals surface area contributed by atoms with E-state index in [1.165, 1.54) is 59.1 Å². The Bertz CT molecular complexity index is 1330. The van der Waals surface area contributed by atoms with E-state index in [4.69, 9.17) is 0 Å². The summed E-state index contributed by atoms with van der Waals surface area (Å²) in [4.78, 5) is 0. The van der Waals surface area contributed by atoms with Gasteiger partial charge in [0.25, 0.3) is 0 Å². The first-order valence-electron chi connectivity index (χ1n) is 11.0. The van der Waals surface area contributed by atoms with Gasteiger partial charge in [-0.2, -0.15) is 0 Å². The number of hydrogen-bond donors (Lipinski definition) is 0. The number of aryl methyl sites for hydroxylation is 3. The lowest BCUT2D eigenvalue weighted by molar-refractivity contribution is 0.739. The minimum atomic E-state index is 0.644. The van der Waals surface area contributed by atoms with Gasteiger partial charge in [-0.25, -0.2) is 0 Å². The third kappa shape index (κ3) is 3.32. The standard InChI is InChI=1S/C29H28S/c1-5-21-15-25(17-27-26-14-19(3)13-20(4)28(26)30-29(21)27)24-8-6-7-23(16-24)22-11-9-18(2)10-12-22/h6-9,11-18H,5,10H2,1-4H3. The summed E-state index contributed by atoms with van der Waals surface area (Å²) >= 11 is 1.96. The number of benzene rings is 3. The predicted octanol–water partition coefficient (Wildman–Crippen LogP) is 8.88. The lowest BCUT2D eigenvalue weighted by Gasteiger charge is -2.13. The lowest BCUT2D eigenvalue weighted by atomic mass is 9.91. The van der Waals surface area contributed by atoms with Crippen LogP contribution in [-0.4, -0.2) is 0 Å². The van der Waals surface area contributed by atoms with E-state index in [-0.39, 0.29) is 0 Å². The van der Waals surface area contributed by atoms with Crippen LogP contribution in [0.25, 0.3) is 36.9 Å². The molecule has 0 aliphatic heterocycles. The van der Waals surface area contributed by atoms with Gasteiger partial charge < -0.3 is 0 Å². The second-order valence-electron chi connectivity index (χ2n) is 8.74. The van der Waals surface area contributed by atoms with Crippen molar-refractivity contribution in [3.8, 4) is 11.1 Å². The van der Waals surface area contributed by atoms with E-state index in [0.29, 0.717) is 5.92 Å². The summed E-state index contributed by atoms with van der Waals surface area (Å²) in [6, 6.07) is 18.5. The van der Waals surface area contributed by atoms with E-state index in [9.17, 15) is 0 Å². The molecule has 0 saturated carbocycles. The van der Waals surface area contributed by atoms with Gasteiger partial charge in [-0.05, 0) is 90.3 Å². The largest absolute Gasteiger partial charge is 0.135 e. The summed E-state index contributed by atoms with van der Waals surface area (Å²) in [5, 5.41) is 2.82. The van der Waals surface area contributed by atoms with E-state index in [0.717, 1.165) is 12.8 Å². The number of rotatable bonds is 3. The Balaban J connectivity index is 1.69. The zero-order valence-corrected chi connectivity index (χ0v) is 19.1. The quantitative estimate of drug-likeness (QED) is 0.317. The van der Waals surface area contributed by atoms with Crippen molar-refractivity contribution in [2.24, 2.45) is 5.92 Å². The third-order valence-corrected chi connectivity index (χ3v) is 7.74. The Morgan fingerprint density at radius 3 is 2.47 bits per heavy atom. The highest BCUT2D eigenvalue weighted by Gasteiger charge is 2.14. The predicted molar refractivity (Wildman–Crippen MR) is 135 cm³/mol. The summed E-state index contributed by atoms with van der Waals surface area (Å²) in [5.41, 5.74) is 9.48. The van der Waals surface area contributed by atoms with E-state index in [1.807, 2.05) is 11.3 Å². The summed E-state index contributed by atoms with van der Waals surface area (Å²) in [5.74, 6) is 0.644. The Labute approximate surface area is 183 Å². The highest BCUT2D eigenvalue weighted by atomic mass is 32.1. The Kier molecular flexibility index (Phi) is 4.87. The third-order valence-electron chi connectivity index (χ3n) is 6.30. The number of allylic oxidation sites excluding steroid dienone is 4. The van der Waals surface area contributed by atoms with Crippen LogP contribution in [0.3, 0.4) is 0 Å². The van der Waals surface area contributed by atoms with Crippen LogP contribution in [0.1, 0.15) is 42.5 Å². The van der Waals surface area contributed by atoms with Crippen molar-refractivity contribution in [1.82, 2.24) is 0 Å². The zero-order chi connectivity index (χ0) is 20.8. The average Bonchev–Trinajstić information content (AvgIpc) is 3.13. The molecule has 4 aromatic rings. The second kappa shape index (κ2) is 7.56. The van der Waals surface area contributed by atoms with Gasteiger partial charge in [-0.15, -0.1) is 11.3 Å².